The van der Waals surface area contributed by atoms with Crippen molar-refractivity contribution < 1.29 is 19.1 Å². The minimum Gasteiger partial charge on any atom is -0.480 e. The number of hydrogen-bond acceptors (Lipinski definition) is 4. The number of carbonyl (C=O) groups is 2. The van der Waals surface area contributed by atoms with Gasteiger partial charge in [0.2, 0.25) is 0 Å². The predicted octanol–water partition coefficient (Wildman–Crippen LogP) is 1.98. The Bertz CT molecular complexity index is 553. The number of benzene rings is 1. The summed E-state index contributed by atoms with van der Waals surface area (Å²) in [4.78, 5) is 24.7. The van der Waals surface area contributed by atoms with Gasteiger partial charge in [0.25, 0.3) is 5.91 Å². The smallest absolute Gasteiger partial charge is 0.331 e. The summed E-state index contributed by atoms with van der Waals surface area (Å²) < 4.78 is 10.6. The van der Waals surface area contributed by atoms with Crippen LogP contribution in [-0.2, 0) is 20.7 Å². The molecule has 0 spiro atoms. The summed E-state index contributed by atoms with van der Waals surface area (Å²) in [5, 5.41) is 2.92. The van der Waals surface area contributed by atoms with Crippen LogP contribution >= 0.6 is 0 Å². The van der Waals surface area contributed by atoms with E-state index in [-0.39, 0.29) is 11.9 Å². The summed E-state index contributed by atoms with van der Waals surface area (Å²) in [6, 6.07) is 7.63. The second kappa shape index (κ2) is 5.99. The predicted molar refractivity (Wildman–Crippen MR) is 80.5 cm³/mol. The fourth-order valence-electron chi connectivity index (χ4n) is 3.38. The molecule has 0 radical (unpaired) electrons. The molecule has 3 rings (SSSR count). The first-order valence-corrected chi connectivity index (χ1v) is 7.80. The number of hydrogen-bond donors (Lipinski definition) is 1. The van der Waals surface area contributed by atoms with Crippen molar-refractivity contribution in [1.29, 1.82) is 0 Å². The molecule has 5 nitrogen and oxygen atoms in total. The Morgan fingerprint density at radius 2 is 1.95 bits per heavy atom. The molecule has 1 saturated carbocycles. The summed E-state index contributed by atoms with van der Waals surface area (Å²) in [6.07, 6.45) is 4.15. The van der Waals surface area contributed by atoms with E-state index >= 15 is 0 Å². The first-order valence-electron chi connectivity index (χ1n) is 7.80. The minimum atomic E-state index is -0.887. The Morgan fingerprint density at radius 1 is 1.23 bits per heavy atom. The van der Waals surface area contributed by atoms with Gasteiger partial charge in [-0.2, -0.15) is 0 Å². The molecule has 1 unspecified atom stereocenters. The van der Waals surface area contributed by atoms with Gasteiger partial charge in [-0.3, -0.25) is 4.79 Å². The molecule has 0 aromatic heterocycles. The lowest BCUT2D eigenvalue weighted by molar-refractivity contribution is -0.153. The molecule has 1 aliphatic carbocycles. The Morgan fingerprint density at radius 3 is 2.64 bits per heavy atom. The summed E-state index contributed by atoms with van der Waals surface area (Å²) in [7, 11) is 1.37. The summed E-state index contributed by atoms with van der Waals surface area (Å²) >= 11 is 0. The summed E-state index contributed by atoms with van der Waals surface area (Å²) in [6.45, 7) is 0. The van der Waals surface area contributed by atoms with E-state index in [4.69, 9.17) is 9.47 Å². The van der Waals surface area contributed by atoms with E-state index in [0.717, 1.165) is 30.6 Å². The van der Waals surface area contributed by atoms with Crippen molar-refractivity contribution in [3.63, 3.8) is 0 Å². The number of esters is 1. The molecule has 0 saturated heterocycles. The molecule has 22 heavy (non-hydrogen) atoms. The normalized spacial score (nSPS) is 22.3. The van der Waals surface area contributed by atoms with Crippen LogP contribution < -0.4 is 10.1 Å². The van der Waals surface area contributed by atoms with Crippen LogP contribution in [0.2, 0.25) is 0 Å². The average Bonchev–Trinajstić information content (AvgIpc) is 2.99. The van der Waals surface area contributed by atoms with Crippen molar-refractivity contribution >= 4 is 11.9 Å². The fourth-order valence-corrected chi connectivity index (χ4v) is 3.38. The Labute approximate surface area is 130 Å². The van der Waals surface area contributed by atoms with Crippen molar-refractivity contribution in [2.75, 3.05) is 7.11 Å². The third-order valence-electron chi connectivity index (χ3n) is 4.59. The second-order valence-corrected chi connectivity index (χ2v) is 6.04. The largest absolute Gasteiger partial charge is 0.480 e. The van der Waals surface area contributed by atoms with Gasteiger partial charge in [-0.15, -0.1) is 0 Å². The fraction of sp³-hybridized carbons (Fsp3) is 0.529. The Kier molecular flexibility index (Phi) is 4.05. The molecule has 5 heteroatoms. The third-order valence-corrected chi connectivity index (χ3v) is 4.59. The lowest BCUT2D eigenvalue weighted by atomic mass is 9.81. The number of fused-ring (bicyclic) bond motifs is 1. The molecule has 1 aromatic carbocycles. The monoisotopic (exact) mass is 303 g/mol. The number of nitrogens with one attached hydrogen (secondary N) is 1. The van der Waals surface area contributed by atoms with E-state index in [1.54, 1.807) is 0 Å². The van der Waals surface area contributed by atoms with E-state index < -0.39 is 11.6 Å². The zero-order chi connectivity index (χ0) is 15.6. The molecule has 0 bridgehead atoms. The SMILES string of the molecule is COC(=O)C1(NC(=O)C2Cc3ccccc3O2)CCCCC1. The van der Waals surface area contributed by atoms with Crippen LogP contribution in [0.5, 0.6) is 5.75 Å². The number of para-hydroxylation sites is 1. The first kappa shape index (κ1) is 14.9. The molecular weight excluding hydrogens is 282 g/mol. The highest BCUT2D eigenvalue weighted by Crippen LogP contribution is 2.32. The van der Waals surface area contributed by atoms with E-state index in [1.165, 1.54) is 7.11 Å². The van der Waals surface area contributed by atoms with E-state index in [0.29, 0.717) is 19.3 Å². The van der Waals surface area contributed by atoms with Gasteiger partial charge in [0, 0.05) is 6.42 Å². The number of carbonyl (C=O) groups excluding carboxylic acids is 2. The molecule has 118 valence electrons. The van der Waals surface area contributed by atoms with E-state index in [2.05, 4.69) is 5.32 Å². The lowest BCUT2D eigenvalue weighted by Gasteiger charge is -2.35. The van der Waals surface area contributed by atoms with Gasteiger partial charge < -0.3 is 14.8 Å². The summed E-state index contributed by atoms with van der Waals surface area (Å²) in [5.41, 5.74) is 0.140. The number of rotatable bonds is 3. The van der Waals surface area contributed by atoms with E-state index in [9.17, 15) is 9.59 Å². The first-order chi connectivity index (χ1) is 10.6. The highest BCUT2D eigenvalue weighted by atomic mass is 16.5. The van der Waals surface area contributed by atoms with Crippen LogP contribution in [0, 0.1) is 0 Å². The average molecular weight is 303 g/mol. The second-order valence-electron chi connectivity index (χ2n) is 6.04. The molecule has 1 aliphatic heterocycles. The van der Waals surface area contributed by atoms with Gasteiger partial charge in [-0.25, -0.2) is 4.79 Å². The number of amides is 1. The topological polar surface area (TPSA) is 64.6 Å². The van der Waals surface area contributed by atoms with Crippen molar-refractivity contribution in [3.05, 3.63) is 29.8 Å². The van der Waals surface area contributed by atoms with Crippen LogP contribution in [-0.4, -0.2) is 30.6 Å². The zero-order valence-electron chi connectivity index (χ0n) is 12.8. The highest BCUT2D eigenvalue weighted by molar-refractivity contribution is 5.90. The van der Waals surface area contributed by atoms with E-state index in [1.807, 2.05) is 24.3 Å². The molecule has 1 aromatic rings. The lowest BCUT2D eigenvalue weighted by Crippen LogP contribution is -2.58. The van der Waals surface area contributed by atoms with Gasteiger partial charge in [-0.05, 0) is 24.5 Å². The van der Waals surface area contributed by atoms with Gasteiger partial charge in [0.05, 0.1) is 7.11 Å². The molecule has 1 fully saturated rings. The van der Waals surface area contributed by atoms with Crippen LogP contribution in [0.3, 0.4) is 0 Å². The number of methoxy groups -OCH3 is 1. The molecule has 1 amide bonds. The molecule has 2 aliphatic rings. The van der Waals surface area contributed by atoms with Crippen LogP contribution in [0.1, 0.15) is 37.7 Å². The van der Waals surface area contributed by atoms with Crippen LogP contribution in [0.15, 0.2) is 24.3 Å². The van der Waals surface area contributed by atoms with Crippen LogP contribution in [0.25, 0.3) is 0 Å². The van der Waals surface area contributed by atoms with Gasteiger partial charge in [0.1, 0.15) is 11.3 Å². The van der Waals surface area contributed by atoms with Crippen molar-refractivity contribution in [3.8, 4) is 5.75 Å². The molecule has 1 atom stereocenters. The standard InChI is InChI=1S/C17H21NO4/c1-21-16(20)17(9-5-2-6-10-17)18-15(19)14-11-12-7-3-4-8-13(12)22-14/h3-4,7-8,14H,2,5-6,9-11H2,1H3,(H,18,19). The maximum atomic E-state index is 12.6. The van der Waals surface area contributed by atoms with Gasteiger partial charge in [0.15, 0.2) is 6.10 Å². The summed E-state index contributed by atoms with van der Waals surface area (Å²) in [5.74, 6) is 0.165. The molecular formula is C17H21NO4. The highest BCUT2D eigenvalue weighted by Gasteiger charge is 2.44. The number of ether oxygens (including phenoxy) is 2. The Balaban J connectivity index is 1.71. The van der Waals surface area contributed by atoms with Crippen molar-refractivity contribution in [2.45, 2.75) is 50.2 Å². The Hall–Kier alpha value is -2.04. The molecule has 1 N–H and O–H groups in total. The van der Waals surface area contributed by atoms with Gasteiger partial charge >= 0.3 is 5.97 Å². The van der Waals surface area contributed by atoms with Crippen molar-refractivity contribution in [1.82, 2.24) is 5.32 Å². The molecule has 1 heterocycles. The minimum absolute atomic E-state index is 0.233. The zero-order valence-corrected chi connectivity index (χ0v) is 12.8. The van der Waals surface area contributed by atoms with Gasteiger partial charge in [-0.1, -0.05) is 37.5 Å². The maximum Gasteiger partial charge on any atom is 0.331 e. The third kappa shape index (κ3) is 2.67. The quantitative estimate of drug-likeness (QED) is 0.867. The van der Waals surface area contributed by atoms with Crippen molar-refractivity contribution in [2.24, 2.45) is 0 Å². The van der Waals surface area contributed by atoms with Crippen LogP contribution in [0.4, 0.5) is 0 Å². The maximum absolute atomic E-state index is 12.6.